The van der Waals surface area contributed by atoms with E-state index < -0.39 is 0 Å². The summed E-state index contributed by atoms with van der Waals surface area (Å²) in [6.45, 7) is 7.56. The molecule has 0 N–H and O–H groups in total. The quantitative estimate of drug-likeness (QED) is 0.703. The molecule has 25 heavy (non-hydrogen) atoms. The average Bonchev–Trinajstić information content (AvgIpc) is 3.23. The van der Waals surface area contributed by atoms with Crippen molar-refractivity contribution in [3.63, 3.8) is 0 Å². The summed E-state index contributed by atoms with van der Waals surface area (Å²) in [7, 11) is 0. The molecule has 0 aromatic carbocycles. The lowest BCUT2D eigenvalue weighted by Crippen LogP contribution is -2.37. The van der Waals surface area contributed by atoms with Crippen LogP contribution in [0.4, 0.5) is 0 Å². The van der Waals surface area contributed by atoms with Crippen molar-refractivity contribution in [3.8, 4) is 5.75 Å². The van der Waals surface area contributed by atoms with Crippen molar-refractivity contribution < 1.29 is 4.74 Å². The maximum absolute atomic E-state index is 5.83. The highest BCUT2D eigenvalue weighted by molar-refractivity contribution is 7.09. The van der Waals surface area contributed by atoms with Gasteiger partial charge in [0.05, 0.1) is 30.7 Å². The number of rotatable bonds is 5. The van der Waals surface area contributed by atoms with E-state index in [1.165, 1.54) is 5.01 Å². The van der Waals surface area contributed by atoms with E-state index in [0.29, 0.717) is 6.61 Å². The molecular formula is C18H21N5OS. The summed E-state index contributed by atoms with van der Waals surface area (Å²) in [4.78, 5) is 15.8. The van der Waals surface area contributed by atoms with Crippen LogP contribution in [0.5, 0.6) is 5.75 Å². The zero-order chi connectivity index (χ0) is 17.2. The van der Waals surface area contributed by atoms with Gasteiger partial charge in [-0.15, -0.1) is 11.3 Å². The van der Waals surface area contributed by atoms with Crippen LogP contribution in [0.3, 0.4) is 0 Å². The number of aromatic nitrogens is 4. The minimum absolute atomic E-state index is 0.269. The fraction of sp³-hybridized carbons (Fsp3) is 0.389. The molecule has 0 saturated heterocycles. The summed E-state index contributed by atoms with van der Waals surface area (Å²) in [5.41, 5.74) is 2.21. The lowest BCUT2D eigenvalue weighted by Gasteiger charge is -2.33. The van der Waals surface area contributed by atoms with E-state index in [2.05, 4.69) is 36.7 Å². The van der Waals surface area contributed by atoms with Gasteiger partial charge in [-0.25, -0.2) is 9.97 Å². The van der Waals surface area contributed by atoms with Gasteiger partial charge < -0.3 is 9.30 Å². The Labute approximate surface area is 151 Å². The molecule has 0 bridgehead atoms. The van der Waals surface area contributed by atoms with Gasteiger partial charge in [0.1, 0.15) is 23.2 Å². The Morgan fingerprint density at radius 3 is 3.00 bits per heavy atom. The number of pyridine rings is 1. The molecule has 4 rings (SSSR count). The van der Waals surface area contributed by atoms with Crippen LogP contribution in [0.2, 0.25) is 0 Å². The van der Waals surface area contributed by atoms with Crippen molar-refractivity contribution in [3.05, 3.63) is 58.3 Å². The maximum atomic E-state index is 5.83. The summed E-state index contributed by atoms with van der Waals surface area (Å²) in [6.07, 6.45) is 5.40. The molecule has 3 aromatic heterocycles. The Balaban J connectivity index is 1.45. The lowest BCUT2D eigenvalue weighted by atomic mass is 10.2. The van der Waals surface area contributed by atoms with E-state index in [-0.39, 0.29) is 6.04 Å². The fourth-order valence-corrected chi connectivity index (χ4v) is 3.97. The van der Waals surface area contributed by atoms with Crippen LogP contribution >= 0.6 is 11.3 Å². The highest BCUT2D eigenvalue weighted by Crippen LogP contribution is 2.28. The van der Waals surface area contributed by atoms with E-state index in [1.54, 1.807) is 23.7 Å². The molecule has 0 radical (unpaired) electrons. The van der Waals surface area contributed by atoms with Crippen molar-refractivity contribution in [1.82, 2.24) is 24.4 Å². The first kappa shape index (κ1) is 16.2. The number of ether oxygens (including phenoxy) is 1. The van der Waals surface area contributed by atoms with Crippen molar-refractivity contribution >= 4 is 11.3 Å². The largest absolute Gasteiger partial charge is 0.486 e. The molecule has 0 amide bonds. The topological polar surface area (TPSA) is 56.1 Å². The van der Waals surface area contributed by atoms with Crippen molar-refractivity contribution in [1.29, 1.82) is 0 Å². The van der Waals surface area contributed by atoms with Gasteiger partial charge in [0.25, 0.3) is 0 Å². The summed E-state index contributed by atoms with van der Waals surface area (Å²) in [5.74, 6) is 1.88. The Morgan fingerprint density at radius 1 is 1.32 bits per heavy atom. The number of hydrogen-bond acceptors (Lipinski definition) is 6. The first-order chi connectivity index (χ1) is 12.2. The fourth-order valence-electron chi connectivity index (χ4n) is 3.17. The second-order valence-corrected chi connectivity index (χ2v) is 7.21. The zero-order valence-electron chi connectivity index (χ0n) is 14.4. The molecule has 1 aliphatic rings. The lowest BCUT2D eigenvalue weighted by molar-refractivity contribution is 0.152. The normalized spacial score (nSPS) is 17.4. The SMILES string of the molecule is Cc1csc(CN2CCn3c(COc4cccnc4)cnc3[C@@H]2C)n1. The number of imidazole rings is 1. The third-order valence-electron chi connectivity index (χ3n) is 4.53. The average molecular weight is 355 g/mol. The third kappa shape index (κ3) is 3.43. The van der Waals surface area contributed by atoms with Gasteiger partial charge >= 0.3 is 0 Å². The molecule has 0 spiro atoms. The second kappa shape index (κ2) is 6.93. The zero-order valence-corrected chi connectivity index (χ0v) is 15.2. The second-order valence-electron chi connectivity index (χ2n) is 6.27. The van der Waals surface area contributed by atoms with E-state index in [9.17, 15) is 0 Å². The molecular weight excluding hydrogens is 334 g/mol. The Morgan fingerprint density at radius 2 is 2.24 bits per heavy atom. The standard InChI is InChI=1S/C18H21N5OS/c1-13-12-25-17(21-13)10-22-6-7-23-15(8-20-18(23)14(22)2)11-24-16-4-3-5-19-9-16/h3-5,8-9,12,14H,6-7,10-11H2,1-2H3/t14-/m0/s1. The molecule has 0 unspecified atom stereocenters. The van der Waals surface area contributed by atoms with Crippen LogP contribution in [-0.2, 0) is 19.7 Å². The van der Waals surface area contributed by atoms with Crippen molar-refractivity contribution in [2.24, 2.45) is 0 Å². The predicted octanol–water partition coefficient (Wildman–Crippen LogP) is 3.20. The maximum Gasteiger partial charge on any atom is 0.138 e. The monoisotopic (exact) mass is 355 g/mol. The molecule has 4 heterocycles. The Kier molecular flexibility index (Phi) is 4.50. The number of hydrogen-bond donors (Lipinski definition) is 0. The molecule has 0 fully saturated rings. The Bertz CT molecular complexity index is 844. The predicted molar refractivity (Wildman–Crippen MR) is 96.5 cm³/mol. The highest BCUT2D eigenvalue weighted by Gasteiger charge is 2.27. The molecule has 1 aliphatic heterocycles. The van der Waals surface area contributed by atoms with E-state index >= 15 is 0 Å². The molecule has 0 aliphatic carbocycles. The smallest absolute Gasteiger partial charge is 0.138 e. The van der Waals surface area contributed by atoms with E-state index in [0.717, 1.165) is 42.6 Å². The summed E-state index contributed by atoms with van der Waals surface area (Å²) in [5, 5.41) is 3.28. The Hall–Kier alpha value is -2.25. The van der Waals surface area contributed by atoms with Gasteiger partial charge in [0.2, 0.25) is 0 Å². The summed E-state index contributed by atoms with van der Waals surface area (Å²) < 4.78 is 8.11. The van der Waals surface area contributed by atoms with Crippen LogP contribution in [-0.4, -0.2) is 31.0 Å². The molecule has 0 saturated carbocycles. The number of fused-ring (bicyclic) bond motifs is 1. The molecule has 3 aromatic rings. The molecule has 1 atom stereocenters. The molecule has 7 heteroatoms. The van der Waals surface area contributed by atoms with Gasteiger partial charge in [-0.2, -0.15) is 0 Å². The highest BCUT2D eigenvalue weighted by atomic mass is 32.1. The van der Waals surface area contributed by atoms with Crippen molar-refractivity contribution in [2.45, 2.75) is 39.6 Å². The van der Waals surface area contributed by atoms with Gasteiger partial charge in [-0.05, 0) is 26.0 Å². The third-order valence-corrected chi connectivity index (χ3v) is 5.48. The molecule has 130 valence electrons. The number of aryl methyl sites for hydroxylation is 1. The number of nitrogens with zero attached hydrogens (tertiary/aromatic N) is 5. The van der Waals surface area contributed by atoms with Crippen LogP contribution in [0.1, 0.15) is 35.2 Å². The first-order valence-electron chi connectivity index (χ1n) is 8.43. The van der Waals surface area contributed by atoms with Gasteiger partial charge in [0.15, 0.2) is 0 Å². The minimum atomic E-state index is 0.269. The summed E-state index contributed by atoms with van der Waals surface area (Å²) >= 11 is 1.73. The van der Waals surface area contributed by atoms with Gasteiger partial charge in [0, 0.05) is 30.4 Å². The minimum Gasteiger partial charge on any atom is -0.486 e. The van der Waals surface area contributed by atoms with Gasteiger partial charge in [-0.3, -0.25) is 9.88 Å². The van der Waals surface area contributed by atoms with E-state index in [4.69, 9.17) is 4.74 Å². The van der Waals surface area contributed by atoms with Crippen LogP contribution < -0.4 is 4.74 Å². The van der Waals surface area contributed by atoms with Crippen molar-refractivity contribution in [2.75, 3.05) is 6.54 Å². The van der Waals surface area contributed by atoms with Gasteiger partial charge in [-0.1, -0.05) is 0 Å². The van der Waals surface area contributed by atoms with Crippen LogP contribution in [0, 0.1) is 6.92 Å². The first-order valence-corrected chi connectivity index (χ1v) is 9.31. The number of thiazole rings is 1. The molecule has 6 nitrogen and oxygen atoms in total. The van der Waals surface area contributed by atoms with E-state index in [1.807, 2.05) is 25.3 Å². The van der Waals surface area contributed by atoms with Crippen LogP contribution in [0.25, 0.3) is 0 Å². The van der Waals surface area contributed by atoms with Crippen LogP contribution in [0.15, 0.2) is 36.1 Å². The summed E-state index contributed by atoms with van der Waals surface area (Å²) in [6, 6.07) is 4.06.